The first kappa shape index (κ1) is 13.0. The standard InChI is InChI=1S/C16H15Cl2N/c17-14-5-2-4-12(16(14)18)11-8-7-10-3-1-6-15(19)13(10)9-11/h2,4-5,7-9,15H,1,3,6,19H2. The third-order valence-electron chi connectivity index (χ3n) is 3.77. The molecule has 19 heavy (non-hydrogen) atoms. The van der Waals surface area contributed by atoms with Crippen LogP contribution in [-0.2, 0) is 6.42 Å². The molecule has 1 unspecified atom stereocenters. The summed E-state index contributed by atoms with van der Waals surface area (Å²) in [6.07, 6.45) is 3.34. The van der Waals surface area contributed by atoms with E-state index in [-0.39, 0.29) is 6.04 Å². The Bertz CT molecular complexity index is 622. The molecule has 0 heterocycles. The Morgan fingerprint density at radius 1 is 1.11 bits per heavy atom. The molecule has 0 bridgehead atoms. The second-order valence-electron chi connectivity index (χ2n) is 5.01. The molecule has 0 saturated carbocycles. The van der Waals surface area contributed by atoms with Crippen molar-refractivity contribution in [3.8, 4) is 11.1 Å². The largest absolute Gasteiger partial charge is 0.324 e. The van der Waals surface area contributed by atoms with Gasteiger partial charge in [-0.25, -0.2) is 0 Å². The maximum Gasteiger partial charge on any atom is 0.0670 e. The van der Waals surface area contributed by atoms with Crippen molar-refractivity contribution in [2.75, 3.05) is 0 Å². The molecule has 1 aliphatic carbocycles. The van der Waals surface area contributed by atoms with Crippen LogP contribution < -0.4 is 5.73 Å². The Kier molecular flexibility index (Phi) is 3.53. The minimum absolute atomic E-state index is 0.140. The highest BCUT2D eigenvalue weighted by molar-refractivity contribution is 6.43. The van der Waals surface area contributed by atoms with Crippen molar-refractivity contribution in [2.45, 2.75) is 25.3 Å². The van der Waals surface area contributed by atoms with Crippen LogP contribution in [0.5, 0.6) is 0 Å². The molecule has 1 atom stereocenters. The summed E-state index contributed by atoms with van der Waals surface area (Å²) in [7, 11) is 0. The average Bonchev–Trinajstić information content (AvgIpc) is 2.42. The van der Waals surface area contributed by atoms with E-state index in [1.54, 1.807) is 6.07 Å². The number of rotatable bonds is 1. The van der Waals surface area contributed by atoms with Gasteiger partial charge >= 0.3 is 0 Å². The van der Waals surface area contributed by atoms with Gasteiger partial charge in [0.2, 0.25) is 0 Å². The van der Waals surface area contributed by atoms with Crippen LogP contribution in [0.4, 0.5) is 0 Å². The zero-order valence-electron chi connectivity index (χ0n) is 10.5. The second-order valence-corrected chi connectivity index (χ2v) is 5.80. The van der Waals surface area contributed by atoms with Gasteiger partial charge < -0.3 is 5.73 Å². The molecule has 0 aliphatic heterocycles. The predicted molar refractivity (Wildman–Crippen MR) is 81.8 cm³/mol. The van der Waals surface area contributed by atoms with Crippen LogP contribution in [0.3, 0.4) is 0 Å². The highest BCUT2D eigenvalue weighted by Gasteiger charge is 2.18. The summed E-state index contributed by atoms with van der Waals surface area (Å²) in [5, 5.41) is 1.19. The number of hydrogen-bond donors (Lipinski definition) is 1. The van der Waals surface area contributed by atoms with Crippen molar-refractivity contribution in [1.29, 1.82) is 0 Å². The van der Waals surface area contributed by atoms with Crippen LogP contribution in [0.1, 0.15) is 30.0 Å². The number of hydrogen-bond acceptors (Lipinski definition) is 1. The summed E-state index contributed by atoms with van der Waals surface area (Å²) in [4.78, 5) is 0. The van der Waals surface area contributed by atoms with E-state index < -0.39 is 0 Å². The van der Waals surface area contributed by atoms with Crippen LogP contribution in [0.2, 0.25) is 10.0 Å². The lowest BCUT2D eigenvalue weighted by atomic mass is 9.86. The number of aryl methyl sites for hydroxylation is 1. The fraction of sp³-hybridized carbons (Fsp3) is 0.250. The van der Waals surface area contributed by atoms with Gasteiger partial charge in [0.15, 0.2) is 0 Å². The van der Waals surface area contributed by atoms with Gasteiger partial charge in [-0.15, -0.1) is 0 Å². The molecule has 2 N–H and O–H groups in total. The van der Waals surface area contributed by atoms with E-state index in [1.807, 2.05) is 12.1 Å². The molecule has 98 valence electrons. The Hall–Kier alpha value is -1.02. The summed E-state index contributed by atoms with van der Waals surface area (Å²) in [6.45, 7) is 0. The highest BCUT2D eigenvalue weighted by Crippen LogP contribution is 2.36. The lowest BCUT2D eigenvalue weighted by Gasteiger charge is -2.23. The van der Waals surface area contributed by atoms with Crippen LogP contribution in [0.25, 0.3) is 11.1 Å². The zero-order chi connectivity index (χ0) is 13.4. The summed E-state index contributed by atoms with van der Waals surface area (Å²) < 4.78 is 0. The fourth-order valence-electron chi connectivity index (χ4n) is 2.73. The number of fused-ring (bicyclic) bond motifs is 1. The van der Waals surface area contributed by atoms with Gasteiger partial charge in [-0.1, -0.05) is 47.5 Å². The fourth-order valence-corrected chi connectivity index (χ4v) is 3.14. The molecule has 0 amide bonds. The van der Waals surface area contributed by atoms with Crippen LogP contribution in [0.15, 0.2) is 36.4 Å². The molecular weight excluding hydrogens is 277 g/mol. The average molecular weight is 292 g/mol. The van der Waals surface area contributed by atoms with Gasteiger partial charge in [0, 0.05) is 11.6 Å². The molecule has 0 spiro atoms. The van der Waals surface area contributed by atoms with E-state index in [2.05, 4.69) is 18.2 Å². The first-order chi connectivity index (χ1) is 9.16. The minimum atomic E-state index is 0.140. The topological polar surface area (TPSA) is 26.0 Å². The normalized spacial score (nSPS) is 18.2. The summed E-state index contributed by atoms with van der Waals surface area (Å²) in [5.74, 6) is 0. The van der Waals surface area contributed by atoms with Gasteiger partial charge in [-0.2, -0.15) is 0 Å². The Morgan fingerprint density at radius 3 is 2.79 bits per heavy atom. The molecule has 2 aromatic carbocycles. The second kappa shape index (κ2) is 5.16. The first-order valence-corrected chi connectivity index (χ1v) is 7.25. The molecule has 2 aromatic rings. The molecule has 1 aliphatic rings. The molecule has 3 heteroatoms. The van der Waals surface area contributed by atoms with E-state index in [4.69, 9.17) is 28.9 Å². The van der Waals surface area contributed by atoms with Gasteiger partial charge in [0.05, 0.1) is 10.0 Å². The Labute approximate surface area is 123 Å². The highest BCUT2D eigenvalue weighted by atomic mass is 35.5. The maximum atomic E-state index is 6.28. The zero-order valence-corrected chi connectivity index (χ0v) is 12.0. The van der Waals surface area contributed by atoms with Crippen molar-refractivity contribution in [2.24, 2.45) is 5.73 Å². The maximum absolute atomic E-state index is 6.28. The smallest absolute Gasteiger partial charge is 0.0670 e. The van der Waals surface area contributed by atoms with Crippen molar-refractivity contribution in [1.82, 2.24) is 0 Å². The minimum Gasteiger partial charge on any atom is -0.324 e. The Morgan fingerprint density at radius 2 is 1.95 bits per heavy atom. The van der Waals surface area contributed by atoms with Crippen molar-refractivity contribution >= 4 is 23.2 Å². The lowest BCUT2D eigenvalue weighted by molar-refractivity contribution is 0.571. The molecule has 0 fully saturated rings. The number of halogens is 2. The van der Waals surface area contributed by atoms with Gasteiger partial charge in [-0.05, 0) is 48.1 Å². The monoisotopic (exact) mass is 291 g/mol. The van der Waals surface area contributed by atoms with Gasteiger partial charge in [-0.3, -0.25) is 0 Å². The number of nitrogens with two attached hydrogens (primary N) is 1. The van der Waals surface area contributed by atoms with E-state index in [0.29, 0.717) is 10.0 Å². The predicted octanol–water partition coefficient (Wildman–Crippen LogP) is 5.00. The lowest BCUT2D eigenvalue weighted by Crippen LogP contribution is -2.17. The van der Waals surface area contributed by atoms with Crippen LogP contribution >= 0.6 is 23.2 Å². The molecule has 0 saturated heterocycles. The molecule has 0 radical (unpaired) electrons. The third kappa shape index (κ3) is 2.38. The van der Waals surface area contributed by atoms with Crippen molar-refractivity contribution < 1.29 is 0 Å². The molecule has 3 rings (SSSR count). The quantitative estimate of drug-likeness (QED) is 0.786. The van der Waals surface area contributed by atoms with E-state index in [9.17, 15) is 0 Å². The summed E-state index contributed by atoms with van der Waals surface area (Å²) in [5.41, 5.74) is 10.9. The Balaban J connectivity index is 2.11. The van der Waals surface area contributed by atoms with Crippen molar-refractivity contribution in [3.63, 3.8) is 0 Å². The first-order valence-electron chi connectivity index (χ1n) is 6.49. The van der Waals surface area contributed by atoms with Crippen LogP contribution in [-0.4, -0.2) is 0 Å². The molecule has 0 aromatic heterocycles. The SMILES string of the molecule is NC1CCCc2ccc(-c3cccc(Cl)c3Cl)cc21. The van der Waals surface area contributed by atoms with Crippen LogP contribution in [0, 0.1) is 0 Å². The van der Waals surface area contributed by atoms with E-state index in [1.165, 1.54) is 17.5 Å². The molecular formula is C16H15Cl2N. The van der Waals surface area contributed by atoms with Crippen molar-refractivity contribution in [3.05, 3.63) is 57.6 Å². The van der Waals surface area contributed by atoms with Gasteiger partial charge in [0.1, 0.15) is 0 Å². The van der Waals surface area contributed by atoms with E-state index >= 15 is 0 Å². The van der Waals surface area contributed by atoms with Gasteiger partial charge in [0.25, 0.3) is 0 Å². The number of benzene rings is 2. The van der Waals surface area contributed by atoms with E-state index in [0.717, 1.165) is 24.0 Å². The molecule has 1 nitrogen and oxygen atoms in total. The summed E-state index contributed by atoms with van der Waals surface area (Å²) in [6, 6.07) is 12.3. The third-order valence-corrected chi connectivity index (χ3v) is 4.59. The summed E-state index contributed by atoms with van der Waals surface area (Å²) >= 11 is 12.4.